The highest BCUT2D eigenvalue weighted by atomic mass is 16.7. The summed E-state index contributed by atoms with van der Waals surface area (Å²) >= 11 is 0. The topological polar surface area (TPSA) is 46.2 Å². The van der Waals surface area contributed by atoms with Crippen molar-refractivity contribution < 1.29 is 23.7 Å². The Morgan fingerprint density at radius 1 is 0.710 bits per heavy atom. The Hall–Kier alpha value is -0.200. The van der Waals surface area contributed by atoms with Crippen LogP contribution in [-0.2, 0) is 23.7 Å². The molecule has 0 aromatic heterocycles. The van der Waals surface area contributed by atoms with Crippen molar-refractivity contribution in [3.63, 3.8) is 0 Å². The van der Waals surface area contributed by atoms with Crippen molar-refractivity contribution in [3.05, 3.63) is 0 Å². The van der Waals surface area contributed by atoms with Crippen LogP contribution in [0.15, 0.2) is 0 Å². The Morgan fingerprint density at radius 3 is 2.23 bits per heavy atom. The van der Waals surface area contributed by atoms with Gasteiger partial charge in [-0.15, -0.1) is 0 Å². The number of hydrogen-bond donors (Lipinski definition) is 0. The summed E-state index contributed by atoms with van der Waals surface area (Å²) < 4.78 is 32.3. The standard InChI is InChI=1S/C26H44O5/c1-18-8-9-19-23(6)16-28-22(4,5)30-20(23)10-11-24(19,7)26(18)13-12-25(31-26)14-15-27-21(2,3)29-17-25/h18-20H,8-17H2,1-7H3/t18-,19+,20-,23+,24-,25+,26-/m0/s1. The summed E-state index contributed by atoms with van der Waals surface area (Å²) in [5, 5.41) is 0. The molecule has 0 N–H and O–H groups in total. The van der Waals surface area contributed by atoms with Gasteiger partial charge in [-0.3, -0.25) is 0 Å². The van der Waals surface area contributed by atoms with Gasteiger partial charge in [-0.1, -0.05) is 20.8 Å². The van der Waals surface area contributed by atoms with E-state index in [0.29, 0.717) is 25.0 Å². The molecule has 2 saturated carbocycles. The maximum atomic E-state index is 7.36. The molecule has 5 fully saturated rings. The van der Waals surface area contributed by atoms with Gasteiger partial charge in [-0.2, -0.15) is 0 Å². The summed E-state index contributed by atoms with van der Waals surface area (Å²) in [4.78, 5) is 0. The van der Waals surface area contributed by atoms with Gasteiger partial charge < -0.3 is 23.7 Å². The molecule has 5 aliphatic rings. The SMILES string of the molecule is C[C@H]1CC[C@@H]2[C@@]3(C)COC(C)(C)O[C@H]3CC[C@]2(C)[C@]12CC[C@]1(CCOC(C)(C)OC1)O2. The lowest BCUT2D eigenvalue weighted by Crippen LogP contribution is -2.69. The molecule has 3 aliphatic heterocycles. The molecule has 2 spiro atoms. The second-order valence-electron chi connectivity index (χ2n) is 12.7. The van der Waals surface area contributed by atoms with Gasteiger partial charge in [0, 0.05) is 17.3 Å². The highest BCUT2D eigenvalue weighted by Crippen LogP contribution is 2.69. The zero-order valence-corrected chi connectivity index (χ0v) is 20.8. The van der Waals surface area contributed by atoms with E-state index in [1.54, 1.807) is 0 Å². The van der Waals surface area contributed by atoms with E-state index in [4.69, 9.17) is 23.7 Å². The van der Waals surface area contributed by atoms with Gasteiger partial charge in [0.15, 0.2) is 11.6 Å². The molecule has 0 aromatic rings. The van der Waals surface area contributed by atoms with Crippen LogP contribution in [0.3, 0.4) is 0 Å². The molecule has 178 valence electrons. The van der Waals surface area contributed by atoms with E-state index in [9.17, 15) is 0 Å². The first-order chi connectivity index (χ1) is 14.4. The highest BCUT2D eigenvalue weighted by Gasteiger charge is 2.70. The number of rotatable bonds is 0. The van der Waals surface area contributed by atoms with Gasteiger partial charge in [0.2, 0.25) is 0 Å². The fourth-order valence-corrected chi connectivity index (χ4v) is 8.18. The van der Waals surface area contributed by atoms with Gasteiger partial charge in [0.25, 0.3) is 0 Å². The largest absolute Gasteiger partial charge is 0.365 e. The van der Waals surface area contributed by atoms with Crippen molar-refractivity contribution in [2.24, 2.45) is 22.7 Å². The van der Waals surface area contributed by atoms with E-state index >= 15 is 0 Å². The van der Waals surface area contributed by atoms with Crippen molar-refractivity contribution in [1.82, 2.24) is 0 Å². The quantitative estimate of drug-likeness (QED) is 0.505. The van der Waals surface area contributed by atoms with Crippen LogP contribution in [0, 0.1) is 22.7 Å². The first-order valence-electron chi connectivity index (χ1n) is 12.7. The Kier molecular flexibility index (Phi) is 5.04. The highest BCUT2D eigenvalue weighted by molar-refractivity contribution is 5.18. The van der Waals surface area contributed by atoms with Crippen LogP contribution in [0.4, 0.5) is 0 Å². The Labute approximate surface area is 188 Å². The van der Waals surface area contributed by atoms with E-state index in [2.05, 4.69) is 34.6 Å². The van der Waals surface area contributed by atoms with Crippen molar-refractivity contribution >= 4 is 0 Å². The molecule has 0 unspecified atom stereocenters. The maximum Gasteiger partial charge on any atom is 0.163 e. The van der Waals surface area contributed by atoms with Crippen molar-refractivity contribution in [2.75, 3.05) is 19.8 Å². The normalized spacial score (nSPS) is 53.7. The third kappa shape index (κ3) is 3.28. The van der Waals surface area contributed by atoms with Crippen LogP contribution in [0.5, 0.6) is 0 Å². The third-order valence-electron chi connectivity index (χ3n) is 10.1. The molecule has 31 heavy (non-hydrogen) atoms. The van der Waals surface area contributed by atoms with E-state index in [-0.39, 0.29) is 28.1 Å². The molecule has 0 bridgehead atoms. The predicted octanol–water partition coefficient (Wildman–Crippen LogP) is 5.45. The lowest BCUT2D eigenvalue weighted by molar-refractivity contribution is -0.359. The van der Waals surface area contributed by atoms with Crippen LogP contribution in [0.2, 0.25) is 0 Å². The van der Waals surface area contributed by atoms with Crippen LogP contribution < -0.4 is 0 Å². The Morgan fingerprint density at radius 2 is 1.45 bits per heavy atom. The van der Waals surface area contributed by atoms with Crippen LogP contribution >= 0.6 is 0 Å². The van der Waals surface area contributed by atoms with Gasteiger partial charge in [0.05, 0.1) is 37.1 Å². The minimum Gasteiger partial charge on any atom is -0.365 e. The van der Waals surface area contributed by atoms with Crippen molar-refractivity contribution in [1.29, 1.82) is 0 Å². The molecular weight excluding hydrogens is 392 g/mol. The zero-order valence-electron chi connectivity index (χ0n) is 20.8. The zero-order chi connectivity index (χ0) is 22.3. The molecule has 0 radical (unpaired) electrons. The fourth-order valence-electron chi connectivity index (χ4n) is 8.18. The average molecular weight is 437 g/mol. The van der Waals surface area contributed by atoms with Crippen LogP contribution in [0.1, 0.15) is 93.4 Å². The first-order valence-corrected chi connectivity index (χ1v) is 12.7. The predicted molar refractivity (Wildman–Crippen MR) is 119 cm³/mol. The molecule has 5 nitrogen and oxygen atoms in total. The summed E-state index contributed by atoms with van der Waals surface area (Å²) in [6, 6.07) is 0. The summed E-state index contributed by atoms with van der Waals surface area (Å²) in [5.74, 6) is 0.0890. The second-order valence-corrected chi connectivity index (χ2v) is 12.7. The summed E-state index contributed by atoms with van der Waals surface area (Å²) in [7, 11) is 0. The minimum atomic E-state index is -0.525. The summed E-state index contributed by atoms with van der Waals surface area (Å²) in [6.07, 6.45) is 8.09. The maximum absolute atomic E-state index is 7.36. The van der Waals surface area contributed by atoms with Gasteiger partial charge >= 0.3 is 0 Å². The lowest BCUT2D eigenvalue weighted by atomic mass is 9.43. The molecule has 3 heterocycles. The fraction of sp³-hybridized carbons (Fsp3) is 1.00. The van der Waals surface area contributed by atoms with E-state index in [1.807, 2.05) is 13.8 Å². The average Bonchev–Trinajstić information content (AvgIpc) is 3.00. The first kappa shape index (κ1) is 22.6. The van der Waals surface area contributed by atoms with Gasteiger partial charge in [0.1, 0.15) is 0 Å². The van der Waals surface area contributed by atoms with Gasteiger partial charge in [-0.05, 0) is 78.1 Å². The summed E-state index contributed by atoms with van der Waals surface area (Å²) in [5.41, 5.74) is -0.156. The van der Waals surface area contributed by atoms with Crippen molar-refractivity contribution in [2.45, 2.75) is 122 Å². The molecule has 0 amide bonds. The summed E-state index contributed by atoms with van der Waals surface area (Å²) in [6.45, 7) is 17.7. The third-order valence-corrected chi connectivity index (χ3v) is 10.1. The minimum absolute atomic E-state index is 0.0415. The molecule has 5 heteroatoms. The van der Waals surface area contributed by atoms with E-state index in [0.717, 1.165) is 38.7 Å². The van der Waals surface area contributed by atoms with Crippen LogP contribution in [0.25, 0.3) is 0 Å². The molecule has 0 aromatic carbocycles. The van der Waals surface area contributed by atoms with E-state index in [1.165, 1.54) is 12.8 Å². The molecule has 3 saturated heterocycles. The molecular formula is C26H44O5. The van der Waals surface area contributed by atoms with Gasteiger partial charge in [-0.25, -0.2) is 0 Å². The Bertz CT molecular complexity index is 721. The number of fused-ring (bicyclic) bond motifs is 4. The van der Waals surface area contributed by atoms with Crippen molar-refractivity contribution in [3.8, 4) is 0 Å². The molecule has 5 rings (SSSR count). The second kappa shape index (κ2) is 6.91. The lowest BCUT2D eigenvalue weighted by Gasteiger charge is -2.67. The molecule has 2 aliphatic carbocycles. The van der Waals surface area contributed by atoms with Crippen LogP contribution in [-0.4, -0.2) is 48.7 Å². The number of ether oxygens (including phenoxy) is 5. The van der Waals surface area contributed by atoms with E-state index < -0.39 is 11.6 Å². The smallest absolute Gasteiger partial charge is 0.163 e. The number of hydrogen-bond acceptors (Lipinski definition) is 5. The Balaban J connectivity index is 1.47. The molecule has 7 atom stereocenters. The monoisotopic (exact) mass is 436 g/mol.